The Labute approximate surface area is 130 Å². The number of anilines is 1. The molecule has 22 heavy (non-hydrogen) atoms. The Morgan fingerprint density at radius 3 is 2.64 bits per heavy atom. The number of carboxylic acid groups (broad SMARTS) is 1. The predicted molar refractivity (Wildman–Crippen MR) is 82.8 cm³/mol. The van der Waals surface area contributed by atoms with Crippen molar-refractivity contribution in [1.82, 2.24) is 9.78 Å². The van der Waals surface area contributed by atoms with Crippen LogP contribution in [0.15, 0.2) is 16.9 Å². The Morgan fingerprint density at radius 1 is 1.41 bits per heavy atom. The molecule has 7 nitrogen and oxygen atoms in total. The van der Waals surface area contributed by atoms with Crippen LogP contribution < -0.4 is 10.9 Å². The molecule has 0 aliphatic carbocycles. The molecule has 0 aliphatic heterocycles. The van der Waals surface area contributed by atoms with Crippen LogP contribution >= 0.6 is 11.3 Å². The van der Waals surface area contributed by atoms with Gasteiger partial charge in [-0.3, -0.25) is 9.59 Å². The van der Waals surface area contributed by atoms with Gasteiger partial charge in [0.05, 0.1) is 5.56 Å². The normalized spacial score (nSPS) is 10.5. The summed E-state index contributed by atoms with van der Waals surface area (Å²) in [6.07, 6.45) is 0.567. The lowest BCUT2D eigenvalue weighted by atomic mass is 10.1. The highest BCUT2D eigenvalue weighted by Crippen LogP contribution is 2.33. The van der Waals surface area contributed by atoms with Crippen molar-refractivity contribution >= 4 is 28.2 Å². The Bertz CT molecular complexity index is 807. The molecule has 2 aromatic heterocycles. The fraction of sp³-hybridized carbons (Fsp3) is 0.286. The second kappa shape index (κ2) is 6.10. The molecule has 2 aromatic rings. The van der Waals surface area contributed by atoms with E-state index in [0.29, 0.717) is 12.0 Å². The standard InChI is InChI=1S/C14H15N3O4S/c1-4-8-7(2)22-13(11(8)14(20)21)15-12(19)9-5-6-10(18)17(3)16-9/h5-6H,4H2,1-3H3,(H,15,19)(H,20,21). The van der Waals surface area contributed by atoms with Gasteiger partial charge in [-0.15, -0.1) is 11.3 Å². The number of carbonyl (C=O) groups excluding carboxylic acids is 1. The smallest absolute Gasteiger partial charge is 0.339 e. The van der Waals surface area contributed by atoms with Crippen molar-refractivity contribution in [2.75, 3.05) is 5.32 Å². The van der Waals surface area contributed by atoms with E-state index in [1.807, 2.05) is 13.8 Å². The highest BCUT2D eigenvalue weighted by atomic mass is 32.1. The molecule has 8 heteroatoms. The second-order valence-corrected chi connectivity index (χ2v) is 5.86. The molecule has 0 aromatic carbocycles. The molecule has 2 heterocycles. The molecule has 116 valence electrons. The first-order valence-electron chi connectivity index (χ1n) is 6.56. The third-order valence-electron chi connectivity index (χ3n) is 3.20. The van der Waals surface area contributed by atoms with E-state index in [1.165, 1.54) is 30.5 Å². The third-order valence-corrected chi connectivity index (χ3v) is 4.26. The number of thiophene rings is 1. The van der Waals surface area contributed by atoms with Gasteiger partial charge in [-0.1, -0.05) is 6.92 Å². The number of aryl methyl sites for hydroxylation is 2. The number of hydrogen-bond acceptors (Lipinski definition) is 5. The van der Waals surface area contributed by atoms with E-state index < -0.39 is 11.9 Å². The molecule has 0 bridgehead atoms. The maximum atomic E-state index is 12.2. The van der Waals surface area contributed by atoms with E-state index in [1.54, 1.807) is 0 Å². The Balaban J connectivity index is 2.38. The van der Waals surface area contributed by atoms with Crippen LogP contribution in [0.2, 0.25) is 0 Å². The minimum absolute atomic E-state index is 0.0440. The molecule has 0 atom stereocenters. The summed E-state index contributed by atoms with van der Waals surface area (Å²) in [5.41, 5.74) is 0.537. The number of amides is 1. The number of rotatable bonds is 4. The summed E-state index contributed by atoms with van der Waals surface area (Å²) in [5.74, 6) is -1.63. The molecule has 2 N–H and O–H groups in total. The first-order valence-corrected chi connectivity index (χ1v) is 7.38. The zero-order valence-electron chi connectivity index (χ0n) is 12.3. The average Bonchev–Trinajstić information content (AvgIpc) is 2.77. The van der Waals surface area contributed by atoms with Gasteiger partial charge in [-0.2, -0.15) is 5.10 Å². The lowest BCUT2D eigenvalue weighted by Gasteiger charge is -2.05. The SMILES string of the molecule is CCc1c(C)sc(NC(=O)c2ccc(=O)n(C)n2)c1C(=O)O. The van der Waals surface area contributed by atoms with Crippen LogP contribution in [-0.4, -0.2) is 26.8 Å². The van der Waals surface area contributed by atoms with Gasteiger partial charge in [0.15, 0.2) is 0 Å². The molecule has 0 saturated carbocycles. The summed E-state index contributed by atoms with van der Waals surface area (Å²) in [4.78, 5) is 35.7. The van der Waals surface area contributed by atoms with Gasteiger partial charge in [0.2, 0.25) is 0 Å². The molecule has 0 spiro atoms. The van der Waals surface area contributed by atoms with Crippen molar-refractivity contribution in [1.29, 1.82) is 0 Å². The van der Waals surface area contributed by atoms with Gasteiger partial charge in [-0.05, 0) is 25.0 Å². The van der Waals surface area contributed by atoms with E-state index in [2.05, 4.69) is 10.4 Å². The maximum absolute atomic E-state index is 12.2. The Hall–Kier alpha value is -2.48. The summed E-state index contributed by atoms with van der Waals surface area (Å²) in [6, 6.07) is 2.54. The summed E-state index contributed by atoms with van der Waals surface area (Å²) in [5, 5.41) is 16.0. The fourth-order valence-corrected chi connectivity index (χ4v) is 3.24. The monoisotopic (exact) mass is 321 g/mol. The zero-order valence-corrected chi connectivity index (χ0v) is 13.2. The van der Waals surface area contributed by atoms with Crippen LogP contribution in [0.5, 0.6) is 0 Å². The molecule has 0 aliphatic rings. The maximum Gasteiger partial charge on any atom is 0.339 e. The van der Waals surface area contributed by atoms with Crippen molar-refractivity contribution < 1.29 is 14.7 Å². The van der Waals surface area contributed by atoms with Crippen LogP contribution in [0, 0.1) is 6.92 Å². The van der Waals surface area contributed by atoms with Crippen molar-refractivity contribution in [2.45, 2.75) is 20.3 Å². The number of aromatic nitrogens is 2. The van der Waals surface area contributed by atoms with Crippen LogP contribution in [0.4, 0.5) is 5.00 Å². The number of hydrogen-bond donors (Lipinski definition) is 2. The fourth-order valence-electron chi connectivity index (χ4n) is 2.11. The van der Waals surface area contributed by atoms with E-state index in [-0.39, 0.29) is 21.8 Å². The summed E-state index contributed by atoms with van der Waals surface area (Å²) in [6.45, 7) is 3.68. The number of carbonyl (C=O) groups is 2. The van der Waals surface area contributed by atoms with Crippen molar-refractivity contribution in [3.05, 3.63) is 44.2 Å². The predicted octanol–water partition coefficient (Wildman–Crippen LogP) is 1.66. The van der Waals surface area contributed by atoms with Crippen LogP contribution in [0.3, 0.4) is 0 Å². The third kappa shape index (κ3) is 2.91. The minimum atomic E-state index is -1.08. The molecule has 0 radical (unpaired) electrons. The topological polar surface area (TPSA) is 101 Å². The quantitative estimate of drug-likeness (QED) is 0.892. The van der Waals surface area contributed by atoms with Crippen LogP contribution in [0.25, 0.3) is 0 Å². The second-order valence-electron chi connectivity index (χ2n) is 4.63. The molecule has 1 amide bonds. The molecule has 0 fully saturated rings. The molecule has 2 rings (SSSR count). The zero-order chi connectivity index (χ0) is 16.4. The van der Waals surface area contributed by atoms with Gasteiger partial charge in [0.1, 0.15) is 10.7 Å². The molecule has 0 unspecified atom stereocenters. The number of aromatic carboxylic acids is 1. The van der Waals surface area contributed by atoms with Gasteiger partial charge in [0, 0.05) is 18.0 Å². The number of nitrogens with one attached hydrogen (secondary N) is 1. The highest BCUT2D eigenvalue weighted by molar-refractivity contribution is 7.16. The molecular weight excluding hydrogens is 306 g/mol. The van der Waals surface area contributed by atoms with Crippen LogP contribution in [0.1, 0.15) is 38.2 Å². The van der Waals surface area contributed by atoms with Crippen molar-refractivity contribution in [2.24, 2.45) is 7.05 Å². The van der Waals surface area contributed by atoms with Gasteiger partial charge < -0.3 is 10.4 Å². The lowest BCUT2D eigenvalue weighted by Crippen LogP contribution is -2.23. The first-order chi connectivity index (χ1) is 10.3. The van der Waals surface area contributed by atoms with E-state index in [4.69, 9.17) is 0 Å². The summed E-state index contributed by atoms with van der Waals surface area (Å²) >= 11 is 1.22. The van der Waals surface area contributed by atoms with Crippen molar-refractivity contribution in [3.63, 3.8) is 0 Å². The molecular formula is C14H15N3O4S. The average molecular weight is 321 g/mol. The number of nitrogens with zero attached hydrogens (tertiary/aromatic N) is 2. The highest BCUT2D eigenvalue weighted by Gasteiger charge is 2.22. The van der Waals surface area contributed by atoms with E-state index in [9.17, 15) is 19.5 Å². The van der Waals surface area contributed by atoms with E-state index in [0.717, 1.165) is 9.56 Å². The first kappa shape index (κ1) is 15.9. The van der Waals surface area contributed by atoms with E-state index >= 15 is 0 Å². The van der Waals surface area contributed by atoms with Crippen molar-refractivity contribution in [3.8, 4) is 0 Å². The van der Waals surface area contributed by atoms with Gasteiger partial charge in [-0.25, -0.2) is 9.48 Å². The van der Waals surface area contributed by atoms with Crippen LogP contribution in [-0.2, 0) is 13.5 Å². The summed E-state index contributed by atoms with van der Waals surface area (Å²) < 4.78 is 1.05. The van der Waals surface area contributed by atoms with Gasteiger partial charge >= 0.3 is 5.97 Å². The summed E-state index contributed by atoms with van der Waals surface area (Å²) in [7, 11) is 1.44. The van der Waals surface area contributed by atoms with Gasteiger partial charge in [0.25, 0.3) is 11.5 Å². The Morgan fingerprint density at radius 2 is 2.09 bits per heavy atom. The Kier molecular flexibility index (Phi) is 4.41. The minimum Gasteiger partial charge on any atom is -0.478 e. The largest absolute Gasteiger partial charge is 0.478 e. The number of carboxylic acids is 1. The molecule has 0 saturated heterocycles. The lowest BCUT2D eigenvalue weighted by molar-refractivity contribution is 0.0697.